The van der Waals surface area contributed by atoms with Gasteiger partial charge in [-0.15, -0.1) is 6.58 Å². The Kier molecular flexibility index (Phi) is 9.50. The van der Waals surface area contributed by atoms with Crippen LogP contribution in [0, 0.1) is 6.92 Å². The van der Waals surface area contributed by atoms with Crippen LogP contribution < -0.4 is 10.6 Å². The number of ether oxygens (including phenoxy) is 1. The van der Waals surface area contributed by atoms with Gasteiger partial charge in [0.25, 0.3) is 0 Å². The quantitative estimate of drug-likeness (QED) is 0.566. The van der Waals surface area contributed by atoms with Crippen molar-refractivity contribution in [3.8, 4) is 0 Å². The summed E-state index contributed by atoms with van der Waals surface area (Å²) in [4.78, 5) is 40.6. The molecule has 0 aromatic heterocycles. The molecule has 0 saturated heterocycles. The molecule has 1 aliphatic rings. The van der Waals surface area contributed by atoms with Crippen molar-refractivity contribution >= 4 is 17.9 Å². The monoisotopic (exact) mass is 457 g/mol. The Bertz CT molecular complexity index is 823. The van der Waals surface area contributed by atoms with Crippen LogP contribution in [0.3, 0.4) is 0 Å². The van der Waals surface area contributed by atoms with Gasteiger partial charge in [-0.05, 0) is 53.0 Å². The molecule has 0 aliphatic heterocycles. The van der Waals surface area contributed by atoms with E-state index < -0.39 is 23.8 Å². The smallest absolute Gasteiger partial charge is 0.408 e. The summed E-state index contributed by atoms with van der Waals surface area (Å²) in [6.07, 6.45) is 6.16. The van der Waals surface area contributed by atoms with Gasteiger partial charge in [0, 0.05) is 12.6 Å². The molecular weight excluding hydrogens is 418 g/mol. The summed E-state index contributed by atoms with van der Waals surface area (Å²) in [5, 5.41) is 5.75. The Morgan fingerprint density at radius 1 is 1.15 bits per heavy atom. The molecule has 0 spiro atoms. The van der Waals surface area contributed by atoms with Gasteiger partial charge in [-0.25, -0.2) is 4.79 Å². The van der Waals surface area contributed by atoms with Crippen molar-refractivity contribution < 1.29 is 19.1 Å². The van der Waals surface area contributed by atoms with Crippen LogP contribution in [0.1, 0.15) is 77.0 Å². The second kappa shape index (κ2) is 11.9. The van der Waals surface area contributed by atoms with Gasteiger partial charge >= 0.3 is 6.09 Å². The second-order valence-corrected chi connectivity index (χ2v) is 9.80. The average molecular weight is 458 g/mol. The molecule has 0 heterocycles. The molecule has 1 aromatic carbocycles. The first-order valence-electron chi connectivity index (χ1n) is 11.8. The van der Waals surface area contributed by atoms with Crippen molar-refractivity contribution in [1.29, 1.82) is 0 Å². The van der Waals surface area contributed by atoms with E-state index in [1.807, 2.05) is 31.2 Å². The zero-order valence-electron chi connectivity index (χ0n) is 20.6. The molecule has 1 saturated carbocycles. The minimum absolute atomic E-state index is 0.109. The molecule has 7 heteroatoms. The number of carbonyl (C=O) groups is 3. The molecule has 7 nitrogen and oxygen atoms in total. The van der Waals surface area contributed by atoms with E-state index in [0.29, 0.717) is 5.56 Å². The number of aryl methyl sites for hydroxylation is 1. The van der Waals surface area contributed by atoms with Crippen molar-refractivity contribution in [2.45, 2.75) is 90.4 Å². The number of alkyl carbamates (subject to hydrolysis) is 1. The Morgan fingerprint density at radius 3 is 2.30 bits per heavy atom. The lowest BCUT2D eigenvalue weighted by Gasteiger charge is -2.34. The molecule has 182 valence electrons. The maximum absolute atomic E-state index is 13.5. The van der Waals surface area contributed by atoms with Gasteiger partial charge in [-0.3, -0.25) is 9.59 Å². The molecule has 0 radical (unpaired) electrons. The van der Waals surface area contributed by atoms with Crippen LogP contribution in [0.4, 0.5) is 4.79 Å². The second-order valence-electron chi connectivity index (χ2n) is 9.80. The lowest BCUT2D eigenvalue weighted by atomic mass is 9.94. The topological polar surface area (TPSA) is 87.7 Å². The first-order valence-corrected chi connectivity index (χ1v) is 11.8. The molecule has 2 rings (SSSR count). The fraction of sp³-hybridized carbons (Fsp3) is 0.577. The summed E-state index contributed by atoms with van der Waals surface area (Å²) in [5.41, 5.74) is 1.10. The number of benzene rings is 1. The van der Waals surface area contributed by atoms with Gasteiger partial charge in [-0.1, -0.05) is 55.2 Å². The van der Waals surface area contributed by atoms with Crippen molar-refractivity contribution in [2.75, 3.05) is 6.54 Å². The molecule has 1 fully saturated rings. The van der Waals surface area contributed by atoms with Gasteiger partial charge in [0.05, 0.1) is 0 Å². The maximum Gasteiger partial charge on any atom is 0.408 e. The maximum atomic E-state index is 13.5. The van der Waals surface area contributed by atoms with Crippen LogP contribution in [0.5, 0.6) is 0 Å². The van der Waals surface area contributed by atoms with Crippen LogP contribution in [0.2, 0.25) is 0 Å². The third-order valence-electron chi connectivity index (χ3n) is 5.62. The Hall–Kier alpha value is -2.83. The summed E-state index contributed by atoms with van der Waals surface area (Å²) >= 11 is 0. The highest BCUT2D eigenvalue weighted by Gasteiger charge is 2.35. The molecule has 33 heavy (non-hydrogen) atoms. The van der Waals surface area contributed by atoms with E-state index in [9.17, 15) is 14.4 Å². The molecule has 0 bridgehead atoms. The molecule has 2 unspecified atom stereocenters. The lowest BCUT2D eigenvalue weighted by Crippen LogP contribution is -2.53. The molecule has 1 aromatic rings. The predicted octanol–water partition coefficient (Wildman–Crippen LogP) is 4.41. The van der Waals surface area contributed by atoms with Gasteiger partial charge in [0.1, 0.15) is 17.7 Å². The standard InChI is InChI=1S/C26H39N3O4/c1-7-17-29(24(31)19(3)27-25(32)33-26(4,5)6)22(20-15-13-18(2)14-16-20)23(30)28-21-11-9-8-10-12-21/h7,13-16,19,21-22H,1,8-12,17H2,2-6H3,(H,27,32)(H,28,30). The van der Waals surface area contributed by atoms with E-state index in [-0.39, 0.29) is 24.4 Å². The van der Waals surface area contributed by atoms with Gasteiger partial charge in [0.15, 0.2) is 0 Å². The van der Waals surface area contributed by atoms with Crippen molar-refractivity contribution in [3.63, 3.8) is 0 Å². The van der Waals surface area contributed by atoms with Crippen LogP contribution >= 0.6 is 0 Å². The minimum Gasteiger partial charge on any atom is -0.444 e. The van der Waals surface area contributed by atoms with E-state index in [1.54, 1.807) is 33.8 Å². The SMILES string of the molecule is C=CCN(C(=O)C(C)NC(=O)OC(C)(C)C)C(C(=O)NC1CCCCC1)c1ccc(C)cc1. The first kappa shape index (κ1) is 26.4. The zero-order valence-corrected chi connectivity index (χ0v) is 20.6. The van der Waals surface area contributed by atoms with Crippen molar-refractivity contribution in [2.24, 2.45) is 0 Å². The van der Waals surface area contributed by atoms with Gasteiger partial charge < -0.3 is 20.3 Å². The summed E-state index contributed by atoms with van der Waals surface area (Å²) in [7, 11) is 0. The summed E-state index contributed by atoms with van der Waals surface area (Å²) < 4.78 is 5.28. The molecule has 2 atom stereocenters. The average Bonchev–Trinajstić information content (AvgIpc) is 2.73. The molecule has 1 aliphatic carbocycles. The Balaban J connectivity index is 2.29. The van der Waals surface area contributed by atoms with Crippen molar-refractivity contribution in [3.05, 3.63) is 48.0 Å². The zero-order chi connectivity index (χ0) is 24.6. The molecule has 3 amide bonds. The van der Waals surface area contributed by atoms with E-state index in [2.05, 4.69) is 17.2 Å². The molecule has 2 N–H and O–H groups in total. The molecular formula is C26H39N3O4. The fourth-order valence-electron chi connectivity index (χ4n) is 4.01. The summed E-state index contributed by atoms with van der Waals surface area (Å²) in [5.74, 6) is -0.601. The van der Waals surface area contributed by atoms with E-state index in [4.69, 9.17) is 4.74 Å². The number of nitrogens with one attached hydrogen (secondary N) is 2. The number of amides is 3. The van der Waals surface area contributed by atoms with E-state index >= 15 is 0 Å². The highest BCUT2D eigenvalue weighted by atomic mass is 16.6. The Morgan fingerprint density at radius 2 is 1.76 bits per heavy atom. The third kappa shape index (κ3) is 8.22. The summed E-state index contributed by atoms with van der Waals surface area (Å²) in [6, 6.07) is 5.99. The van der Waals surface area contributed by atoms with Crippen molar-refractivity contribution in [1.82, 2.24) is 15.5 Å². The number of hydrogen-bond acceptors (Lipinski definition) is 4. The normalized spacial score (nSPS) is 16.3. The largest absolute Gasteiger partial charge is 0.444 e. The Labute approximate surface area is 197 Å². The van der Waals surface area contributed by atoms with Gasteiger partial charge in [-0.2, -0.15) is 0 Å². The highest BCUT2D eigenvalue weighted by Crippen LogP contribution is 2.25. The van der Waals surface area contributed by atoms with Crippen LogP contribution in [-0.4, -0.2) is 47.0 Å². The number of hydrogen-bond donors (Lipinski definition) is 2. The van der Waals surface area contributed by atoms with E-state index in [1.165, 1.54) is 11.3 Å². The van der Waals surface area contributed by atoms with Gasteiger partial charge in [0.2, 0.25) is 11.8 Å². The number of nitrogens with zero attached hydrogens (tertiary/aromatic N) is 1. The minimum atomic E-state index is -0.879. The van der Waals surface area contributed by atoms with E-state index in [0.717, 1.165) is 31.2 Å². The summed E-state index contributed by atoms with van der Waals surface area (Å²) in [6.45, 7) is 12.8. The predicted molar refractivity (Wildman–Crippen MR) is 130 cm³/mol. The third-order valence-corrected chi connectivity index (χ3v) is 5.62. The van der Waals surface area contributed by atoms with Crippen LogP contribution in [0.15, 0.2) is 36.9 Å². The number of rotatable bonds is 8. The number of carbonyl (C=O) groups excluding carboxylic acids is 3. The fourth-order valence-corrected chi connectivity index (χ4v) is 4.01. The highest BCUT2D eigenvalue weighted by molar-refractivity contribution is 5.92. The van der Waals surface area contributed by atoms with Crippen LogP contribution in [-0.2, 0) is 14.3 Å². The lowest BCUT2D eigenvalue weighted by molar-refractivity contribution is -0.141. The first-order chi connectivity index (χ1) is 15.5. The van der Waals surface area contributed by atoms with Crippen LogP contribution in [0.25, 0.3) is 0 Å².